The van der Waals surface area contributed by atoms with Gasteiger partial charge < -0.3 is 19.1 Å². The topological polar surface area (TPSA) is 56.5 Å². The lowest BCUT2D eigenvalue weighted by molar-refractivity contribution is 0.0901. The van der Waals surface area contributed by atoms with Gasteiger partial charge in [0.1, 0.15) is 30.9 Å². The van der Waals surface area contributed by atoms with Gasteiger partial charge in [-0.25, -0.2) is 4.98 Å². The number of nitrogens with zero attached hydrogens (tertiary/aromatic N) is 2. The van der Waals surface area contributed by atoms with Gasteiger partial charge in [-0.15, -0.1) is 0 Å². The summed E-state index contributed by atoms with van der Waals surface area (Å²) in [4.78, 5) is 4.57. The fraction of sp³-hybridized carbons (Fsp3) is 0.316. The van der Waals surface area contributed by atoms with Crippen molar-refractivity contribution in [2.45, 2.75) is 26.2 Å². The molecular formula is C19H21ClN2O3. The average molecular weight is 361 g/mol. The lowest BCUT2D eigenvalue weighted by Gasteiger charge is -2.16. The van der Waals surface area contributed by atoms with Gasteiger partial charge in [-0.1, -0.05) is 23.7 Å². The van der Waals surface area contributed by atoms with Crippen LogP contribution in [0.15, 0.2) is 42.5 Å². The number of benzene rings is 2. The predicted octanol–water partition coefficient (Wildman–Crippen LogP) is 3.58. The van der Waals surface area contributed by atoms with Crippen LogP contribution in [0.2, 0.25) is 5.02 Å². The molecule has 0 unspecified atom stereocenters. The second-order valence-electron chi connectivity index (χ2n) is 5.94. The molecule has 6 heteroatoms. The molecule has 0 saturated carbocycles. The molecule has 0 saturated heterocycles. The first-order chi connectivity index (χ1) is 12.1. The first kappa shape index (κ1) is 17.7. The number of aryl methyl sites for hydroxylation is 1. The minimum Gasteiger partial charge on any atom is -0.491 e. The lowest BCUT2D eigenvalue weighted by atomic mass is 10.2. The summed E-state index contributed by atoms with van der Waals surface area (Å²) in [7, 11) is 1.63. The molecule has 3 rings (SSSR count). The molecule has 3 aromatic rings. The maximum absolute atomic E-state index is 10.4. The van der Waals surface area contributed by atoms with E-state index in [4.69, 9.17) is 21.1 Å². The SMILES string of the molecule is COCc1nc2ccccc2n1C[C@H](O)COc1ccc(Cl)c(C)c1. The predicted molar refractivity (Wildman–Crippen MR) is 98.1 cm³/mol. The number of fused-ring (bicyclic) bond motifs is 1. The number of ether oxygens (including phenoxy) is 2. The van der Waals surface area contributed by atoms with Gasteiger partial charge in [0.15, 0.2) is 0 Å². The van der Waals surface area contributed by atoms with Crippen molar-refractivity contribution in [2.24, 2.45) is 0 Å². The summed E-state index contributed by atoms with van der Waals surface area (Å²) in [6.07, 6.45) is -0.677. The number of hydrogen-bond acceptors (Lipinski definition) is 4. The Morgan fingerprint density at radius 3 is 2.80 bits per heavy atom. The molecule has 2 aromatic carbocycles. The molecule has 0 aliphatic rings. The van der Waals surface area contributed by atoms with E-state index in [0.29, 0.717) is 23.9 Å². The maximum atomic E-state index is 10.4. The van der Waals surface area contributed by atoms with Gasteiger partial charge in [-0.3, -0.25) is 0 Å². The smallest absolute Gasteiger partial charge is 0.136 e. The lowest BCUT2D eigenvalue weighted by Crippen LogP contribution is -2.24. The Labute approximate surface area is 151 Å². The highest BCUT2D eigenvalue weighted by Gasteiger charge is 2.14. The van der Waals surface area contributed by atoms with E-state index in [1.165, 1.54) is 0 Å². The van der Waals surface area contributed by atoms with E-state index in [2.05, 4.69) is 4.98 Å². The minimum absolute atomic E-state index is 0.181. The standard InChI is InChI=1S/C19H21ClN2O3/c1-13-9-15(7-8-16(13)20)25-11-14(23)10-22-18-6-4-3-5-17(18)21-19(22)12-24-2/h3-9,14,23H,10-12H2,1-2H3/t14-/m0/s1. The molecule has 0 spiro atoms. The van der Waals surface area contributed by atoms with Gasteiger partial charge in [0.2, 0.25) is 0 Å². The van der Waals surface area contributed by atoms with Crippen molar-refractivity contribution >= 4 is 22.6 Å². The number of aliphatic hydroxyl groups excluding tert-OH is 1. The number of aromatic nitrogens is 2. The molecule has 1 heterocycles. The van der Waals surface area contributed by atoms with E-state index in [9.17, 15) is 5.11 Å². The van der Waals surface area contributed by atoms with Crippen LogP contribution in [0.5, 0.6) is 5.75 Å². The zero-order chi connectivity index (χ0) is 17.8. The highest BCUT2D eigenvalue weighted by molar-refractivity contribution is 6.31. The van der Waals surface area contributed by atoms with Crippen molar-refractivity contribution in [3.63, 3.8) is 0 Å². The molecule has 0 amide bonds. The zero-order valence-electron chi connectivity index (χ0n) is 14.3. The van der Waals surface area contributed by atoms with Crippen LogP contribution in [-0.4, -0.2) is 34.5 Å². The Morgan fingerprint density at radius 1 is 1.24 bits per heavy atom. The summed E-state index contributed by atoms with van der Waals surface area (Å²) in [6.45, 7) is 2.87. The van der Waals surface area contributed by atoms with Crippen molar-refractivity contribution in [1.29, 1.82) is 0 Å². The second kappa shape index (κ2) is 7.87. The zero-order valence-corrected chi connectivity index (χ0v) is 15.0. The molecule has 0 fully saturated rings. The number of aliphatic hydroxyl groups is 1. The molecular weight excluding hydrogens is 340 g/mol. The number of imidazole rings is 1. The summed E-state index contributed by atoms with van der Waals surface area (Å²) in [5, 5.41) is 11.1. The van der Waals surface area contributed by atoms with E-state index in [-0.39, 0.29) is 6.61 Å². The monoisotopic (exact) mass is 360 g/mol. The quantitative estimate of drug-likeness (QED) is 0.699. The van der Waals surface area contributed by atoms with E-state index >= 15 is 0 Å². The first-order valence-corrected chi connectivity index (χ1v) is 8.46. The van der Waals surface area contributed by atoms with Crippen molar-refractivity contribution in [2.75, 3.05) is 13.7 Å². The minimum atomic E-state index is -0.677. The second-order valence-corrected chi connectivity index (χ2v) is 6.34. The molecule has 0 bridgehead atoms. The molecule has 1 aromatic heterocycles. The van der Waals surface area contributed by atoms with Gasteiger partial charge >= 0.3 is 0 Å². The summed E-state index contributed by atoms with van der Waals surface area (Å²) >= 11 is 6.01. The van der Waals surface area contributed by atoms with Crippen LogP contribution < -0.4 is 4.74 Å². The Bertz CT molecular complexity index is 863. The fourth-order valence-electron chi connectivity index (χ4n) is 2.73. The molecule has 1 atom stereocenters. The van der Waals surface area contributed by atoms with Crippen molar-refractivity contribution in [3.05, 3.63) is 58.9 Å². The third kappa shape index (κ3) is 4.12. The van der Waals surface area contributed by atoms with Crippen LogP contribution in [0.4, 0.5) is 0 Å². The van der Waals surface area contributed by atoms with Gasteiger partial charge in [0.05, 0.1) is 17.6 Å². The third-order valence-electron chi connectivity index (χ3n) is 3.97. The summed E-state index contributed by atoms with van der Waals surface area (Å²) in [6, 6.07) is 13.3. The van der Waals surface area contributed by atoms with Gasteiger partial charge in [0, 0.05) is 12.1 Å². The van der Waals surface area contributed by atoms with Crippen LogP contribution in [0.1, 0.15) is 11.4 Å². The van der Waals surface area contributed by atoms with Gasteiger partial charge in [-0.05, 0) is 42.8 Å². The largest absolute Gasteiger partial charge is 0.491 e. The van der Waals surface area contributed by atoms with Crippen LogP contribution >= 0.6 is 11.6 Å². The van der Waals surface area contributed by atoms with Crippen LogP contribution in [-0.2, 0) is 17.9 Å². The molecule has 5 nitrogen and oxygen atoms in total. The molecule has 25 heavy (non-hydrogen) atoms. The van der Waals surface area contributed by atoms with Crippen LogP contribution in [0.25, 0.3) is 11.0 Å². The van der Waals surface area contributed by atoms with Crippen LogP contribution in [0.3, 0.4) is 0 Å². The molecule has 1 N–H and O–H groups in total. The fourth-order valence-corrected chi connectivity index (χ4v) is 2.85. The highest BCUT2D eigenvalue weighted by Crippen LogP contribution is 2.22. The van der Waals surface area contributed by atoms with E-state index < -0.39 is 6.10 Å². The summed E-state index contributed by atoms with van der Waals surface area (Å²) in [5.74, 6) is 1.47. The molecule has 0 aliphatic heterocycles. The Hall–Kier alpha value is -2.08. The normalized spacial score (nSPS) is 12.5. The Morgan fingerprint density at radius 2 is 2.04 bits per heavy atom. The van der Waals surface area contributed by atoms with E-state index in [1.54, 1.807) is 19.2 Å². The van der Waals surface area contributed by atoms with E-state index in [0.717, 1.165) is 22.4 Å². The average Bonchev–Trinajstić information content (AvgIpc) is 2.94. The Balaban J connectivity index is 1.71. The summed E-state index contributed by atoms with van der Waals surface area (Å²) in [5.41, 5.74) is 2.79. The molecule has 0 aliphatic carbocycles. The maximum Gasteiger partial charge on any atom is 0.136 e. The number of halogens is 1. The first-order valence-electron chi connectivity index (χ1n) is 8.08. The van der Waals surface area contributed by atoms with Gasteiger partial charge in [0.25, 0.3) is 0 Å². The number of hydrogen-bond donors (Lipinski definition) is 1. The summed E-state index contributed by atoms with van der Waals surface area (Å²) < 4.78 is 12.9. The van der Waals surface area contributed by atoms with Crippen molar-refractivity contribution in [1.82, 2.24) is 9.55 Å². The highest BCUT2D eigenvalue weighted by atomic mass is 35.5. The van der Waals surface area contributed by atoms with Gasteiger partial charge in [-0.2, -0.15) is 0 Å². The molecule has 132 valence electrons. The molecule has 0 radical (unpaired) electrons. The van der Waals surface area contributed by atoms with Crippen molar-refractivity contribution < 1.29 is 14.6 Å². The Kier molecular flexibility index (Phi) is 5.58. The van der Waals surface area contributed by atoms with E-state index in [1.807, 2.05) is 41.8 Å². The number of rotatable bonds is 7. The number of para-hydroxylation sites is 2. The van der Waals surface area contributed by atoms with Crippen LogP contribution in [0, 0.1) is 6.92 Å². The van der Waals surface area contributed by atoms with Crippen molar-refractivity contribution in [3.8, 4) is 5.75 Å². The third-order valence-corrected chi connectivity index (χ3v) is 4.40. The number of methoxy groups -OCH3 is 1.